The highest BCUT2D eigenvalue weighted by Gasteiger charge is 1.97. The van der Waals surface area contributed by atoms with Gasteiger partial charge < -0.3 is 15.7 Å². The van der Waals surface area contributed by atoms with E-state index in [0.717, 1.165) is 58.0 Å². The molecule has 0 aliphatic rings. The molecule has 23 heavy (non-hydrogen) atoms. The second-order valence-corrected chi connectivity index (χ2v) is 6.14. The summed E-state index contributed by atoms with van der Waals surface area (Å²) in [6.45, 7) is 4.03. The van der Waals surface area contributed by atoms with Crippen LogP contribution in [0.5, 0.6) is 0 Å². The lowest BCUT2D eigenvalue weighted by molar-refractivity contribution is 0.240. The quantitative estimate of drug-likeness (QED) is 0.288. The number of aliphatic hydroxyl groups is 1. The van der Waals surface area contributed by atoms with Crippen LogP contribution in [0.1, 0.15) is 84.0 Å². The third-order valence-corrected chi connectivity index (χ3v) is 3.84. The molecule has 2 amide bonds. The van der Waals surface area contributed by atoms with Gasteiger partial charge in [-0.2, -0.15) is 0 Å². The minimum absolute atomic E-state index is 0.0298. The number of allylic oxidation sites excluding steroid dienone is 2. The van der Waals surface area contributed by atoms with Crippen molar-refractivity contribution in [1.82, 2.24) is 10.6 Å². The van der Waals surface area contributed by atoms with E-state index in [4.69, 9.17) is 5.11 Å². The van der Waals surface area contributed by atoms with Crippen LogP contribution in [-0.4, -0.2) is 30.8 Å². The van der Waals surface area contributed by atoms with Crippen molar-refractivity contribution in [3.05, 3.63) is 12.2 Å². The molecule has 0 fully saturated rings. The Balaban J connectivity index is 3.19. The first kappa shape index (κ1) is 22.0. The summed E-state index contributed by atoms with van der Waals surface area (Å²) in [5, 5.41) is 14.5. The summed E-state index contributed by atoms with van der Waals surface area (Å²) in [7, 11) is 0. The molecule has 0 bridgehead atoms. The number of nitrogens with one attached hydrogen (secondary N) is 2. The first-order chi connectivity index (χ1) is 11.3. The molecule has 3 N–H and O–H groups in total. The fraction of sp³-hybridized carbons (Fsp3) is 0.842. The highest BCUT2D eigenvalue weighted by atomic mass is 16.2. The number of carbonyl (C=O) groups excluding carboxylic acids is 1. The molecule has 0 atom stereocenters. The predicted octanol–water partition coefficient (Wildman–Crippen LogP) is 4.54. The molecule has 0 spiro atoms. The van der Waals surface area contributed by atoms with E-state index in [1.165, 1.54) is 32.1 Å². The van der Waals surface area contributed by atoms with Gasteiger partial charge in [-0.3, -0.25) is 0 Å². The normalized spacial score (nSPS) is 11.0. The van der Waals surface area contributed by atoms with Crippen molar-refractivity contribution in [2.24, 2.45) is 0 Å². The maximum Gasteiger partial charge on any atom is 0.314 e. The Morgan fingerprint density at radius 2 is 1.30 bits per heavy atom. The average molecular weight is 327 g/mol. The van der Waals surface area contributed by atoms with E-state index in [2.05, 4.69) is 29.7 Å². The molecule has 0 aromatic carbocycles. The fourth-order valence-corrected chi connectivity index (χ4v) is 2.37. The Bertz CT molecular complexity index is 281. The minimum Gasteiger partial charge on any atom is -0.396 e. The minimum atomic E-state index is -0.0298. The Kier molecular flexibility index (Phi) is 18.2. The number of aliphatic hydroxyl groups excluding tert-OH is 1. The maximum absolute atomic E-state index is 11.5. The summed E-state index contributed by atoms with van der Waals surface area (Å²) in [6, 6.07) is -0.0298. The average Bonchev–Trinajstić information content (AvgIpc) is 2.56. The molecule has 4 nitrogen and oxygen atoms in total. The van der Waals surface area contributed by atoms with Gasteiger partial charge in [-0.15, -0.1) is 0 Å². The summed E-state index contributed by atoms with van der Waals surface area (Å²) in [4.78, 5) is 11.5. The van der Waals surface area contributed by atoms with Crippen LogP contribution in [0.2, 0.25) is 0 Å². The molecular formula is C19H38N2O2. The van der Waals surface area contributed by atoms with Gasteiger partial charge in [0.15, 0.2) is 0 Å². The van der Waals surface area contributed by atoms with Crippen LogP contribution in [0.3, 0.4) is 0 Å². The number of rotatable bonds is 16. The van der Waals surface area contributed by atoms with Crippen molar-refractivity contribution in [3.63, 3.8) is 0 Å². The van der Waals surface area contributed by atoms with Crippen LogP contribution in [0.4, 0.5) is 4.79 Å². The summed E-state index contributed by atoms with van der Waals surface area (Å²) >= 11 is 0. The first-order valence-electron chi connectivity index (χ1n) is 9.58. The monoisotopic (exact) mass is 326 g/mol. The lowest BCUT2D eigenvalue weighted by Gasteiger charge is -2.06. The zero-order valence-electron chi connectivity index (χ0n) is 15.1. The Hall–Kier alpha value is -1.03. The largest absolute Gasteiger partial charge is 0.396 e. The van der Waals surface area contributed by atoms with Gasteiger partial charge in [-0.1, -0.05) is 51.2 Å². The van der Waals surface area contributed by atoms with Gasteiger partial charge in [0.25, 0.3) is 0 Å². The van der Waals surface area contributed by atoms with Gasteiger partial charge in [0.05, 0.1) is 0 Å². The Labute approximate surface area is 143 Å². The van der Waals surface area contributed by atoms with E-state index in [1.807, 2.05) is 0 Å². The van der Waals surface area contributed by atoms with Crippen LogP contribution in [0, 0.1) is 0 Å². The highest BCUT2D eigenvalue weighted by molar-refractivity contribution is 5.73. The van der Waals surface area contributed by atoms with E-state index in [0.29, 0.717) is 6.61 Å². The van der Waals surface area contributed by atoms with Gasteiger partial charge >= 0.3 is 6.03 Å². The number of unbranched alkanes of at least 4 members (excludes halogenated alkanes) is 9. The summed E-state index contributed by atoms with van der Waals surface area (Å²) in [6.07, 6.45) is 18.2. The molecule has 0 aliphatic heterocycles. The van der Waals surface area contributed by atoms with Crippen molar-refractivity contribution >= 4 is 6.03 Å². The van der Waals surface area contributed by atoms with Crippen molar-refractivity contribution in [2.75, 3.05) is 19.7 Å². The van der Waals surface area contributed by atoms with Gasteiger partial charge in [0.2, 0.25) is 0 Å². The molecule has 0 saturated carbocycles. The number of hydrogen-bond donors (Lipinski definition) is 3. The summed E-state index contributed by atoms with van der Waals surface area (Å²) < 4.78 is 0. The molecule has 0 saturated heterocycles. The number of urea groups is 1. The number of carbonyl (C=O) groups is 1. The van der Waals surface area contributed by atoms with Crippen molar-refractivity contribution in [2.45, 2.75) is 84.0 Å². The second-order valence-electron chi connectivity index (χ2n) is 6.14. The third-order valence-electron chi connectivity index (χ3n) is 3.84. The molecule has 0 heterocycles. The van der Waals surface area contributed by atoms with E-state index >= 15 is 0 Å². The zero-order valence-corrected chi connectivity index (χ0v) is 15.1. The van der Waals surface area contributed by atoms with Gasteiger partial charge in [0.1, 0.15) is 0 Å². The molecule has 0 radical (unpaired) electrons. The van der Waals surface area contributed by atoms with Crippen molar-refractivity contribution in [3.8, 4) is 0 Å². The van der Waals surface area contributed by atoms with Crippen molar-refractivity contribution in [1.29, 1.82) is 0 Å². The van der Waals surface area contributed by atoms with Crippen molar-refractivity contribution < 1.29 is 9.90 Å². The lowest BCUT2D eigenvalue weighted by Crippen LogP contribution is -2.36. The smallest absolute Gasteiger partial charge is 0.314 e. The molecule has 136 valence electrons. The standard InChI is InChI=1S/C19H38N2O2/c1-2-3-13-16-20-19(23)21-17-14-11-9-7-5-4-6-8-10-12-15-18-22/h5,7,22H,2-4,6,8-18H2,1H3,(H2,20,21,23)/b7-5-. The molecule has 0 unspecified atom stereocenters. The Morgan fingerprint density at radius 3 is 1.91 bits per heavy atom. The molecular weight excluding hydrogens is 288 g/mol. The third kappa shape index (κ3) is 18.9. The van der Waals surface area contributed by atoms with E-state index < -0.39 is 0 Å². The Morgan fingerprint density at radius 1 is 0.783 bits per heavy atom. The molecule has 0 aromatic rings. The van der Waals surface area contributed by atoms with Gasteiger partial charge in [-0.25, -0.2) is 4.79 Å². The second kappa shape index (κ2) is 19.0. The van der Waals surface area contributed by atoms with Gasteiger partial charge in [-0.05, 0) is 44.9 Å². The molecule has 0 aromatic heterocycles. The van der Waals surface area contributed by atoms with Gasteiger partial charge in [0, 0.05) is 19.7 Å². The molecule has 0 aliphatic carbocycles. The van der Waals surface area contributed by atoms with Crippen LogP contribution in [-0.2, 0) is 0 Å². The topological polar surface area (TPSA) is 61.4 Å². The highest BCUT2D eigenvalue weighted by Crippen LogP contribution is 2.06. The first-order valence-corrected chi connectivity index (χ1v) is 9.58. The maximum atomic E-state index is 11.5. The molecule has 4 heteroatoms. The van der Waals surface area contributed by atoms with Crippen LogP contribution in [0.15, 0.2) is 12.2 Å². The van der Waals surface area contributed by atoms with E-state index in [1.54, 1.807) is 0 Å². The summed E-state index contributed by atoms with van der Waals surface area (Å²) in [5.41, 5.74) is 0. The van der Waals surface area contributed by atoms with E-state index in [9.17, 15) is 4.79 Å². The summed E-state index contributed by atoms with van der Waals surface area (Å²) in [5.74, 6) is 0. The number of hydrogen-bond acceptors (Lipinski definition) is 2. The zero-order chi connectivity index (χ0) is 17.0. The van der Waals surface area contributed by atoms with Crippen LogP contribution in [0.25, 0.3) is 0 Å². The molecule has 0 rings (SSSR count). The van der Waals surface area contributed by atoms with E-state index in [-0.39, 0.29) is 6.03 Å². The van der Waals surface area contributed by atoms with Crippen LogP contribution >= 0.6 is 0 Å². The SMILES string of the molecule is CCCCCNC(=O)NCCCC/C=C\CCCCCCCO. The predicted molar refractivity (Wildman–Crippen MR) is 98.7 cm³/mol. The van der Waals surface area contributed by atoms with Crippen LogP contribution < -0.4 is 10.6 Å². The lowest BCUT2D eigenvalue weighted by atomic mass is 10.1. The fourth-order valence-electron chi connectivity index (χ4n) is 2.37. The number of amides is 2.